The van der Waals surface area contributed by atoms with Crippen molar-refractivity contribution in [2.24, 2.45) is 0 Å². The molecule has 3 nitrogen and oxygen atoms in total. The third-order valence-electron chi connectivity index (χ3n) is 12.6. The zero-order valence-corrected chi connectivity index (χ0v) is 32.0. The molecule has 12 rings (SSSR count). The van der Waals surface area contributed by atoms with Crippen LogP contribution in [0.5, 0.6) is 0 Å². The van der Waals surface area contributed by atoms with Gasteiger partial charge in [-0.3, -0.25) is 0 Å². The molecule has 1 aliphatic heterocycles. The molecule has 9 aromatic carbocycles. The van der Waals surface area contributed by atoms with E-state index in [0.29, 0.717) is 5.56 Å². The summed E-state index contributed by atoms with van der Waals surface area (Å²) in [7, 11) is 0. The molecule has 0 N–H and O–H groups in total. The van der Waals surface area contributed by atoms with Gasteiger partial charge >= 0.3 is 0 Å². The van der Waals surface area contributed by atoms with Crippen LogP contribution in [0.4, 0.5) is 17.1 Å². The SMILES string of the molecule is N#Cc1cccc(-c2ccc(-c3ccc4c(c3)C3(c5ccccc5)c5ccccc5-c5cccc(c53)N4c3ccccc3)cc2)c1-n1c2ccccc2c2ccccc21. The fourth-order valence-corrected chi connectivity index (χ4v) is 10.3. The van der Waals surface area contributed by atoms with E-state index < -0.39 is 5.41 Å². The van der Waals surface area contributed by atoms with E-state index in [9.17, 15) is 5.26 Å². The molecule has 10 aromatic rings. The number of benzene rings is 9. The summed E-state index contributed by atoms with van der Waals surface area (Å²) >= 11 is 0. The summed E-state index contributed by atoms with van der Waals surface area (Å²) in [4.78, 5) is 2.45. The van der Waals surface area contributed by atoms with Crippen LogP contribution in [0.1, 0.15) is 27.8 Å². The molecule has 0 saturated heterocycles. The van der Waals surface area contributed by atoms with E-state index >= 15 is 0 Å². The molecule has 1 atom stereocenters. The number of nitriles is 1. The Bertz CT molecular complexity index is 3280. The van der Waals surface area contributed by atoms with Crippen LogP contribution in [-0.4, -0.2) is 4.57 Å². The number of hydrogen-bond donors (Lipinski definition) is 0. The zero-order valence-electron chi connectivity index (χ0n) is 32.0. The summed E-state index contributed by atoms with van der Waals surface area (Å²) < 4.78 is 2.27. The van der Waals surface area contributed by atoms with Crippen molar-refractivity contribution >= 4 is 38.9 Å². The van der Waals surface area contributed by atoms with Crippen LogP contribution >= 0.6 is 0 Å². The number of hydrogen-bond acceptors (Lipinski definition) is 2. The lowest BCUT2D eigenvalue weighted by molar-refractivity contribution is 0.754. The second kappa shape index (κ2) is 12.8. The van der Waals surface area contributed by atoms with Crippen molar-refractivity contribution in [2.45, 2.75) is 5.41 Å². The van der Waals surface area contributed by atoms with Crippen molar-refractivity contribution in [3.05, 3.63) is 240 Å². The lowest BCUT2D eigenvalue weighted by Gasteiger charge is -2.45. The summed E-state index contributed by atoms with van der Waals surface area (Å²) in [6.45, 7) is 0. The predicted molar refractivity (Wildman–Crippen MR) is 242 cm³/mol. The number of para-hydroxylation sites is 4. The van der Waals surface area contributed by atoms with Gasteiger partial charge in [0.25, 0.3) is 0 Å². The molecule has 0 amide bonds. The van der Waals surface area contributed by atoms with E-state index in [1.54, 1.807) is 0 Å². The van der Waals surface area contributed by atoms with Crippen molar-refractivity contribution < 1.29 is 0 Å². The fraction of sp³-hybridized carbons (Fsp3) is 0.0179. The van der Waals surface area contributed by atoms with Crippen molar-refractivity contribution in [2.75, 3.05) is 4.90 Å². The Morgan fingerprint density at radius 2 is 1.02 bits per heavy atom. The number of nitrogens with zero attached hydrogens (tertiary/aromatic N) is 3. The average Bonchev–Trinajstić information content (AvgIpc) is 3.81. The summed E-state index contributed by atoms with van der Waals surface area (Å²) in [5, 5.41) is 12.9. The van der Waals surface area contributed by atoms with E-state index in [1.165, 1.54) is 55.5 Å². The van der Waals surface area contributed by atoms with Gasteiger partial charge in [0.15, 0.2) is 0 Å². The third kappa shape index (κ3) is 4.63. The first kappa shape index (κ1) is 33.2. The summed E-state index contributed by atoms with van der Waals surface area (Å²) in [5.41, 5.74) is 18.8. The molecule has 3 heteroatoms. The normalized spacial score (nSPS) is 14.8. The number of rotatable bonds is 5. The van der Waals surface area contributed by atoms with Crippen LogP contribution in [0, 0.1) is 11.3 Å². The minimum atomic E-state index is -0.519. The average molecular weight is 750 g/mol. The van der Waals surface area contributed by atoms with Gasteiger partial charge in [0.2, 0.25) is 0 Å². The molecular weight excluding hydrogens is 715 g/mol. The molecule has 0 bridgehead atoms. The van der Waals surface area contributed by atoms with E-state index in [1.807, 2.05) is 12.1 Å². The summed E-state index contributed by atoms with van der Waals surface area (Å²) in [5.74, 6) is 0. The Morgan fingerprint density at radius 1 is 0.424 bits per heavy atom. The van der Waals surface area contributed by atoms with E-state index in [0.717, 1.165) is 44.7 Å². The number of aromatic nitrogens is 1. The molecule has 1 aromatic heterocycles. The lowest BCUT2D eigenvalue weighted by atomic mass is 9.64. The number of anilines is 3. The minimum absolute atomic E-state index is 0.519. The van der Waals surface area contributed by atoms with Crippen LogP contribution in [0.2, 0.25) is 0 Å². The van der Waals surface area contributed by atoms with Crippen LogP contribution < -0.4 is 4.90 Å². The highest BCUT2D eigenvalue weighted by Crippen LogP contribution is 2.65. The first-order valence-electron chi connectivity index (χ1n) is 20.2. The molecule has 274 valence electrons. The molecule has 0 fully saturated rings. The van der Waals surface area contributed by atoms with Crippen LogP contribution in [-0.2, 0) is 5.41 Å². The molecule has 0 saturated carbocycles. The molecule has 59 heavy (non-hydrogen) atoms. The Balaban J connectivity index is 1.06. The Hall–Kier alpha value is -7.93. The third-order valence-corrected chi connectivity index (χ3v) is 12.6. The van der Waals surface area contributed by atoms with Crippen molar-refractivity contribution in [3.63, 3.8) is 0 Å². The Labute approximate surface area is 342 Å². The van der Waals surface area contributed by atoms with E-state index in [2.05, 4.69) is 216 Å². The first-order valence-corrected chi connectivity index (χ1v) is 20.2. The van der Waals surface area contributed by atoms with Crippen LogP contribution in [0.15, 0.2) is 212 Å². The maximum Gasteiger partial charge on any atom is 0.101 e. The van der Waals surface area contributed by atoms with Crippen LogP contribution in [0.3, 0.4) is 0 Å². The second-order valence-electron chi connectivity index (χ2n) is 15.5. The smallest absolute Gasteiger partial charge is 0.101 e. The summed E-state index contributed by atoms with van der Waals surface area (Å²) in [6, 6.07) is 79.1. The summed E-state index contributed by atoms with van der Waals surface area (Å²) in [6.07, 6.45) is 0. The maximum absolute atomic E-state index is 10.5. The molecule has 2 heterocycles. The van der Waals surface area contributed by atoms with Gasteiger partial charge in [-0.1, -0.05) is 164 Å². The zero-order chi connectivity index (χ0) is 39.1. The van der Waals surface area contributed by atoms with Crippen molar-refractivity contribution in [1.29, 1.82) is 5.26 Å². The van der Waals surface area contributed by atoms with Gasteiger partial charge < -0.3 is 9.47 Å². The standard InChI is InChI=1S/C56H35N3/c57-36-40-15-13-23-43(55(40)59-50-26-11-8-21-45(50)46-22-9-12-27-51(46)59)38-31-29-37(30-32-38)39-33-34-52-49(35-39)56(41-16-3-1-4-17-41)48-25-10-7-20-44(48)47-24-14-28-53(54(47)56)58(52)42-18-5-2-6-19-42/h1-35H. The highest BCUT2D eigenvalue weighted by atomic mass is 15.2. The molecular formula is C56H35N3. The van der Waals surface area contributed by atoms with Crippen molar-refractivity contribution in [1.82, 2.24) is 4.57 Å². The van der Waals surface area contributed by atoms with Gasteiger partial charge in [0, 0.05) is 27.6 Å². The molecule has 0 radical (unpaired) electrons. The quantitative estimate of drug-likeness (QED) is 0.175. The van der Waals surface area contributed by atoms with Crippen molar-refractivity contribution in [3.8, 4) is 45.1 Å². The van der Waals surface area contributed by atoms with Crippen LogP contribution in [0.25, 0.3) is 60.9 Å². The molecule has 0 spiro atoms. The molecule has 1 aliphatic carbocycles. The first-order chi connectivity index (χ1) is 29.3. The lowest BCUT2D eigenvalue weighted by Crippen LogP contribution is -2.36. The molecule has 1 unspecified atom stereocenters. The van der Waals surface area contributed by atoms with Gasteiger partial charge in [-0.25, -0.2) is 0 Å². The highest BCUT2D eigenvalue weighted by Gasteiger charge is 2.52. The van der Waals surface area contributed by atoms with E-state index in [-0.39, 0.29) is 0 Å². The van der Waals surface area contributed by atoms with Gasteiger partial charge in [0.05, 0.1) is 39.1 Å². The number of fused-ring (bicyclic) bond motifs is 8. The topological polar surface area (TPSA) is 32.0 Å². The predicted octanol–water partition coefficient (Wildman–Crippen LogP) is 14.1. The second-order valence-corrected chi connectivity index (χ2v) is 15.5. The van der Waals surface area contributed by atoms with E-state index in [4.69, 9.17) is 0 Å². The van der Waals surface area contributed by atoms with Gasteiger partial charge in [-0.2, -0.15) is 5.26 Å². The highest BCUT2D eigenvalue weighted by molar-refractivity contribution is 6.10. The Kier molecular flexibility index (Phi) is 7.21. The monoisotopic (exact) mass is 749 g/mol. The largest absolute Gasteiger partial charge is 0.310 e. The Morgan fingerprint density at radius 3 is 1.76 bits per heavy atom. The maximum atomic E-state index is 10.5. The fourth-order valence-electron chi connectivity index (χ4n) is 10.3. The van der Waals surface area contributed by atoms with Gasteiger partial charge in [-0.05, 0) is 93.0 Å². The molecule has 2 aliphatic rings. The van der Waals surface area contributed by atoms with Gasteiger partial charge in [0.1, 0.15) is 6.07 Å². The minimum Gasteiger partial charge on any atom is -0.310 e. The van der Waals surface area contributed by atoms with Gasteiger partial charge in [-0.15, -0.1) is 0 Å².